The standard InChI is InChI=1S/C25H25BN4O4/c1-4-34-25(31)21-13-22(26)30-23(21)24(27-16-28-30)29(14-17-5-9-19(32-2)10-6-17)15-18-7-11-20(33-3)12-8-18/h5-13,16H,4,14-15H2,1-3H3. The molecule has 0 spiro atoms. The second-order valence-corrected chi connectivity index (χ2v) is 7.60. The molecule has 0 amide bonds. The van der Waals surface area contributed by atoms with Gasteiger partial charge in [-0.05, 0) is 54.0 Å². The number of ether oxygens (including phenoxy) is 3. The minimum Gasteiger partial charge on any atom is -0.497 e. The molecule has 2 aromatic carbocycles. The number of carbonyl (C=O) groups excluding carboxylic acids is 1. The van der Waals surface area contributed by atoms with Gasteiger partial charge in [-0.25, -0.2) is 14.3 Å². The van der Waals surface area contributed by atoms with Gasteiger partial charge in [0, 0.05) is 13.1 Å². The first-order chi connectivity index (χ1) is 16.5. The predicted molar refractivity (Wildman–Crippen MR) is 130 cm³/mol. The van der Waals surface area contributed by atoms with Gasteiger partial charge in [-0.3, -0.25) is 0 Å². The van der Waals surface area contributed by atoms with Gasteiger partial charge in [-0.15, -0.1) is 0 Å². The molecule has 0 bridgehead atoms. The summed E-state index contributed by atoms with van der Waals surface area (Å²) in [6.07, 6.45) is 1.43. The van der Waals surface area contributed by atoms with E-state index >= 15 is 0 Å². The molecule has 9 heteroatoms. The smallest absolute Gasteiger partial charge is 0.340 e. The Bertz CT molecular complexity index is 1220. The zero-order valence-electron chi connectivity index (χ0n) is 19.4. The monoisotopic (exact) mass is 456 g/mol. The molecule has 0 aliphatic rings. The Balaban J connectivity index is 1.80. The number of fused-ring (bicyclic) bond motifs is 1. The molecule has 4 aromatic rings. The summed E-state index contributed by atoms with van der Waals surface area (Å²) >= 11 is 0. The lowest BCUT2D eigenvalue weighted by Crippen LogP contribution is -2.25. The van der Waals surface area contributed by atoms with Crippen molar-refractivity contribution in [2.45, 2.75) is 20.0 Å². The second kappa shape index (κ2) is 10.3. The van der Waals surface area contributed by atoms with Crippen LogP contribution in [0.4, 0.5) is 5.82 Å². The van der Waals surface area contributed by atoms with Gasteiger partial charge in [0.2, 0.25) is 0 Å². The summed E-state index contributed by atoms with van der Waals surface area (Å²) in [5, 5.41) is 4.26. The van der Waals surface area contributed by atoms with Crippen molar-refractivity contribution in [3.05, 3.63) is 77.6 Å². The summed E-state index contributed by atoms with van der Waals surface area (Å²) in [6, 6.07) is 17.2. The van der Waals surface area contributed by atoms with Crippen LogP contribution in [0.2, 0.25) is 0 Å². The van der Waals surface area contributed by atoms with Crippen LogP contribution in [0.15, 0.2) is 60.9 Å². The highest BCUT2D eigenvalue weighted by atomic mass is 16.5. The van der Waals surface area contributed by atoms with E-state index in [4.69, 9.17) is 22.1 Å². The normalized spacial score (nSPS) is 10.8. The predicted octanol–water partition coefficient (Wildman–Crippen LogP) is 2.92. The molecule has 2 radical (unpaired) electrons. The van der Waals surface area contributed by atoms with E-state index in [1.165, 1.54) is 10.8 Å². The van der Waals surface area contributed by atoms with Crippen LogP contribution in [0.1, 0.15) is 28.4 Å². The van der Waals surface area contributed by atoms with E-state index < -0.39 is 5.97 Å². The SMILES string of the molecule is [B]c1cc(C(=O)OCC)c2c(N(Cc3ccc(OC)cc3)Cc3ccc(OC)cc3)ncnn12. The maximum Gasteiger partial charge on any atom is 0.340 e. The van der Waals surface area contributed by atoms with Gasteiger partial charge in [0.1, 0.15) is 31.2 Å². The molecule has 0 atom stereocenters. The lowest BCUT2D eigenvalue weighted by molar-refractivity contribution is 0.0529. The molecule has 8 nitrogen and oxygen atoms in total. The van der Waals surface area contributed by atoms with Gasteiger partial charge in [0.05, 0.1) is 26.4 Å². The Hall–Kier alpha value is -4.01. The van der Waals surface area contributed by atoms with Crippen molar-refractivity contribution >= 4 is 30.7 Å². The highest BCUT2D eigenvalue weighted by Gasteiger charge is 2.23. The largest absolute Gasteiger partial charge is 0.497 e. The Morgan fingerprint density at radius 2 is 1.53 bits per heavy atom. The van der Waals surface area contributed by atoms with Gasteiger partial charge in [0.15, 0.2) is 5.82 Å². The first kappa shape index (κ1) is 23.2. The van der Waals surface area contributed by atoms with Crippen molar-refractivity contribution in [3.63, 3.8) is 0 Å². The summed E-state index contributed by atoms with van der Waals surface area (Å²) < 4.78 is 17.4. The average molecular weight is 456 g/mol. The van der Waals surface area contributed by atoms with Crippen LogP contribution in [0.5, 0.6) is 11.5 Å². The second-order valence-electron chi connectivity index (χ2n) is 7.60. The summed E-state index contributed by atoms with van der Waals surface area (Å²) in [6.45, 7) is 3.06. The third-order valence-electron chi connectivity index (χ3n) is 5.42. The summed E-state index contributed by atoms with van der Waals surface area (Å²) in [4.78, 5) is 19.3. The van der Waals surface area contributed by atoms with Crippen molar-refractivity contribution in [2.75, 3.05) is 25.7 Å². The number of nitrogens with zero attached hydrogens (tertiary/aromatic N) is 4. The molecule has 2 aromatic heterocycles. The molecular formula is C25H25BN4O4. The zero-order valence-corrected chi connectivity index (χ0v) is 19.4. The van der Waals surface area contributed by atoms with Crippen molar-refractivity contribution in [2.24, 2.45) is 0 Å². The number of hydrogen-bond donors (Lipinski definition) is 0. The van der Waals surface area contributed by atoms with Crippen LogP contribution >= 0.6 is 0 Å². The first-order valence-corrected chi connectivity index (χ1v) is 10.8. The number of hydrogen-bond acceptors (Lipinski definition) is 7. The number of rotatable bonds is 9. The molecule has 2 heterocycles. The van der Waals surface area contributed by atoms with Gasteiger partial charge in [-0.1, -0.05) is 24.3 Å². The van der Waals surface area contributed by atoms with Crippen LogP contribution in [0, 0.1) is 0 Å². The van der Waals surface area contributed by atoms with Crippen LogP contribution in [-0.4, -0.2) is 49.2 Å². The van der Waals surface area contributed by atoms with Gasteiger partial charge < -0.3 is 19.1 Å². The quantitative estimate of drug-likeness (QED) is 0.283. The topological polar surface area (TPSA) is 78.2 Å². The molecule has 0 aliphatic heterocycles. The number of anilines is 1. The summed E-state index contributed by atoms with van der Waals surface area (Å²) in [5.41, 5.74) is 3.24. The third-order valence-corrected chi connectivity index (χ3v) is 5.42. The average Bonchev–Trinajstić information content (AvgIpc) is 3.21. The molecule has 0 saturated heterocycles. The van der Waals surface area contributed by atoms with Gasteiger partial charge >= 0.3 is 5.97 Å². The van der Waals surface area contributed by atoms with E-state index in [1.807, 2.05) is 48.5 Å². The van der Waals surface area contributed by atoms with Crippen molar-refractivity contribution < 1.29 is 19.0 Å². The molecule has 172 valence electrons. The fourth-order valence-electron chi connectivity index (χ4n) is 3.76. The Morgan fingerprint density at radius 1 is 0.971 bits per heavy atom. The number of carbonyl (C=O) groups is 1. The number of esters is 1. The maximum atomic E-state index is 12.7. The van der Waals surface area contributed by atoms with E-state index in [0.29, 0.717) is 35.6 Å². The van der Waals surface area contributed by atoms with Crippen molar-refractivity contribution in [3.8, 4) is 11.5 Å². The van der Waals surface area contributed by atoms with Crippen LogP contribution in [0.3, 0.4) is 0 Å². The Labute approximate surface area is 199 Å². The molecule has 0 fully saturated rings. The van der Waals surface area contributed by atoms with Crippen LogP contribution in [0.25, 0.3) is 5.52 Å². The maximum absolute atomic E-state index is 12.7. The highest BCUT2D eigenvalue weighted by molar-refractivity contribution is 6.32. The highest BCUT2D eigenvalue weighted by Crippen LogP contribution is 2.27. The van der Waals surface area contributed by atoms with Crippen molar-refractivity contribution in [1.82, 2.24) is 14.6 Å². The van der Waals surface area contributed by atoms with E-state index in [-0.39, 0.29) is 6.61 Å². The molecule has 4 rings (SSSR count). The van der Waals surface area contributed by atoms with Gasteiger partial charge in [0.25, 0.3) is 0 Å². The Morgan fingerprint density at radius 3 is 2.03 bits per heavy atom. The first-order valence-electron chi connectivity index (χ1n) is 10.8. The Kier molecular flexibility index (Phi) is 7.01. The van der Waals surface area contributed by atoms with Gasteiger partial charge in [-0.2, -0.15) is 5.10 Å². The lowest BCUT2D eigenvalue weighted by Gasteiger charge is -2.25. The van der Waals surface area contributed by atoms with Crippen LogP contribution in [-0.2, 0) is 17.8 Å². The van der Waals surface area contributed by atoms with E-state index in [0.717, 1.165) is 22.6 Å². The summed E-state index contributed by atoms with van der Waals surface area (Å²) in [5.74, 6) is 1.65. The number of methoxy groups -OCH3 is 2. The molecule has 0 saturated carbocycles. The van der Waals surface area contributed by atoms with E-state index in [1.54, 1.807) is 27.2 Å². The zero-order chi connectivity index (χ0) is 24.1. The third kappa shape index (κ3) is 4.83. The minimum atomic E-state index is -0.471. The lowest BCUT2D eigenvalue weighted by atomic mass is 10.1. The molecule has 0 unspecified atom stereocenters. The molecular weight excluding hydrogens is 431 g/mol. The molecule has 0 N–H and O–H groups in total. The van der Waals surface area contributed by atoms with E-state index in [9.17, 15) is 4.79 Å². The minimum absolute atomic E-state index is 0.251. The van der Waals surface area contributed by atoms with E-state index in [2.05, 4.69) is 15.0 Å². The fourth-order valence-corrected chi connectivity index (χ4v) is 3.76. The number of aromatic nitrogens is 3. The van der Waals surface area contributed by atoms with Crippen molar-refractivity contribution in [1.29, 1.82) is 0 Å². The molecule has 0 aliphatic carbocycles. The van der Waals surface area contributed by atoms with Crippen LogP contribution < -0.4 is 20.0 Å². The summed E-state index contributed by atoms with van der Waals surface area (Å²) in [7, 11) is 9.44. The number of benzene rings is 2. The molecule has 34 heavy (non-hydrogen) atoms. The fraction of sp³-hybridized carbons (Fsp3) is 0.240.